The van der Waals surface area contributed by atoms with Crippen molar-refractivity contribution < 1.29 is 18.1 Å². The fourth-order valence-corrected chi connectivity index (χ4v) is 8.47. The van der Waals surface area contributed by atoms with Gasteiger partial charge in [0.05, 0.1) is 29.3 Å². The van der Waals surface area contributed by atoms with Crippen LogP contribution in [0.5, 0.6) is 0 Å². The highest BCUT2D eigenvalue weighted by Gasteiger charge is 2.39. The molecule has 10 heteroatoms. The number of nitrogens with two attached hydrogens (primary N) is 1. The second-order valence-corrected chi connectivity index (χ2v) is 13.2. The van der Waals surface area contributed by atoms with Crippen molar-refractivity contribution >= 4 is 34.2 Å². The number of rotatable bonds is 9. The minimum absolute atomic E-state index is 0.0630. The molecule has 1 saturated carbocycles. The summed E-state index contributed by atoms with van der Waals surface area (Å²) in [4.78, 5) is 13.6. The molecule has 2 aromatic rings. The van der Waals surface area contributed by atoms with Gasteiger partial charge in [0.1, 0.15) is 5.82 Å². The molecule has 0 radical (unpaired) electrons. The van der Waals surface area contributed by atoms with E-state index in [2.05, 4.69) is 10.6 Å². The number of nitrogens with one attached hydrogen (secondary N) is 2. The number of carbonyl (C=O) groups is 1. The highest BCUT2D eigenvalue weighted by atomic mass is 35.5. The Labute approximate surface area is 243 Å². The molecule has 2 aliphatic heterocycles. The molecule has 1 aliphatic carbocycles. The van der Waals surface area contributed by atoms with Crippen molar-refractivity contribution in [3.63, 3.8) is 0 Å². The lowest BCUT2D eigenvalue weighted by molar-refractivity contribution is -0.118. The summed E-state index contributed by atoms with van der Waals surface area (Å²) in [5, 5.41) is 7.06. The molecule has 2 saturated heterocycles. The van der Waals surface area contributed by atoms with Crippen molar-refractivity contribution in [2.75, 3.05) is 24.7 Å². The molecule has 2 heterocycles. The van der Waals surface area contributed by atoms with Crippen molar-refractivity contribution in [2.45, 2.75) is 81.6 Å². The maximum atomic E-state index is 15.1. The molecule has 0 aromatic heterocycles. The minimum atomic E-state index is -1.02. The summed E-state index contributed by atoms with van der Waals surface area (Å²) in [5.74, 6) is -0.00692. The van der Waals surface area contributed by atoms with E-state index < -0.39 is 17.0 Å². The number of hydrogen-bond acceptors (Lipinski definition) is 5. The predicted octanol–water partition coefficient (Wildman–Crippen LogP) is 4.72. The van der Waals surface area contributed by atoms with Crippen LogP contribution in [0.25, 0.3) is 0 Å². The third-order valence-corrected chi connectivity index (χ3v) is 10.8. The first-order valence-electron chi connectivity index (χ1n) is 14.4. The number of anilines is 1. The van der Waals surface area contributed by atoms with Crippen LogP contribution >= 0.6 is 11.6 Å². The van der Waals surface area contributed by atoms with Crippen molar-refractivity contribution in [1.82, 2.24) is 9.62 Å². The Bertz CT molecular complexity index is 1190. The Morgan fingerprint density at radius 3 is 2.67 bits per heavy atom. The van der Waals surface area contributed by atoms with Gasteiger partial charge < -0.3 is 15.8 Å². The van der Waals surface area contributed by atoms with E-state index in [4.69, 9.17) is 22.1 Å². The summed E-state index contributed by atoms with van der Waals surface area (Å²) in [6.07, 6.45) is 7.01. The summed E-state index contributed by atoms with van der Waals surface area (Å²) in [7, 11) is 0.725. The number of amides is 1. The highest BCUT2D eigenvalue weighted by molar-refractivity contribution is 7.82. The van der Waals surface area contributed by atoms with Crippen molar-refractivity contribution in [3.05, 3.63) is 64.4 Å². The van der Waals surface area contributed by atoms with E-state index in [1.54, 1.807) is 19.2 Å². The van der Waals surface area contributed by atoms with Gasteiger partial charge in [0, 0.05) is 47.6 Å². The SMILES string of the molecule is COC1CCC([C@H](c2ccc(Cl)cc2)[C@H](N)C(=O)Nc2cccc(F)c2CC[C@H]2CN[C@@H]3CCCS(=O)N23)CC1. The molecule has 5 rings (SSSR count). The number of carbonyl (C=O) groups excluding carboxylic acids is 1. The molecule has 3 aliphatic rings. The van der Waals surface area contributed by atoms with Gasteiger partial charge in [-0.15, -0.1) is 0 Å². The topological polar surface area (TPSA) is 96.7 Å². The van der Waals surface area contributed by atoms with Gasteiger partial charge in [0.2, 0.25) is 5.91 Å². The number of nitrogens with zero attached hydrogens (tertiary/aromatic N) is 1. The van der Waals surface area contributed by atoms with E-state index in [-0.39, 0.29) is 41.9 Å². The maximum Gasteiger partial charge on any atom is 0.241 e. The summed E-state index contributed by atoms with van der Waals surface area (Å²) in [6.45, 7) is 0.728. The third kappa shape index (κ3) is 6.61. The maximum absolute atomic E-state index is 15.1. The summed E-state index contributed by atoms with van der Waals surface area (Å²) >= 11 is 6.16. The first-order valence-corrected chi connectivity index (χ1v) is 16.0. The zero-order valence-corrected chi connectivity index (χ0v) is 24.6. The molecular formula is C30H40ClFN4O3S. The molecule has 1 unspecified atom stereocenters. The monoisotopic (exact) mass is 590 g/mol. The lowest BCUT2D eigenvalue weighted by Crippen LogP contribution is -2.45. The molecule has 2 aromatic carbocycles. The number of fused-ring (bicyclic) bond motifs is 1. The molecule has 40 heavy (non-hydrogen) atoms. The molecule has 7 nitrogen and oxygen atoms in total. The van der Waals surface area contributed by atoms with Gasteiger partial charge in [-0.3, -0.25) is 10.1 Å². The Kier molecular flexibility index (Phi) is 9.92. The number of ether oxygens (including phenoxy) is 1. The van der Waals surface area contributed by atoms with Gasteiger partial charge in [-0.05, 0) is 87.1 Å². The summed E-state index contributed by atoms with van der Waals surface area (Å²) in [6, 6.07) is 11.6. The molecule has 5 atom stereocenters. The Balaban J connectivity index is 1.31. The fraction of sp³-hybridized carbons (Fsp3) is 0.567. The van der Waals surface area contributed by atoms with Crippen LogP contribution in [-0.4, -0.2) is 58.2 Å². The van der Waals surface area contributed by atoms with E-state index in [0.717, 1.165) is 50.6 Å². The van der Waals surface area contributed by atoms with Crippen LogP contribution in [0.2, 0.25) is 5.02 Å². The van der Waals surface area contributed by atoms with Gasteiger partial charge >= 0.3 is 0 Å². The smallest absolute Gasteiger partial charge is 0.241 e. The van der Waals surface area contributed by atoms with E-state index in [1.807, 2.05) is 28.6 Å². The zero-order valence-electron chi connectivity index (χ0n) is 23.0. The first kappa shape index (κ1) is 29.6. The average Bonchev–Trinajstić information content (AvgIpc) is 3.38. The van der Waals surface area contributed by atoms with Gasteiger partial charge in [-0.1, -0.05) is 29.8 Å². The number of benzene rings is 2. The molecular weight excluding hydrogens is 551 g/mol. The number of methoxy groups -OCH3 is 1. The highest BCUT2D eigenvalue weighted by Crippen LogP contribution is 2.39. The Hall–Kier alpha value is -1.88. The van der Waals surface area contributed by atoms with E-state index in [9.17, 15) is 9.00 Å². The molecule has 3 fully saturated rings. The first-order chi connectivity index (χ1) is 19.4. The molecule has 0 spiro atoms. The summed E-state index contributed by atoms with van der Waals surface area (Å²) < 4.78 is 35.4. The quantitative estimate of drug-likeness (QED) is 0.393. The average molecular weight is 591 g/mol. The van der Waals surface area contributed by atoms with Crippen molar-refractivity contribution in [1.29, 1.82) is 0 Å². The van der Waals surface area contributed by atoms with Gasteiger partial charge in [0.15, 0.2) is 0 Å². The van der Waals surface area contributed by atoms with Gasteiger partial charge in [0.25, 0.3) is 0 Å². The third-order valence-electron chi connectivity index (χ3n) is 8.90. The Morgan fingerprint density at radius 2 is 1.95 bits per heavy atom. The van der Waals surface area contributed by atoms with Crippen LogP contribution in [0.1, 0.15) is 62.0 Å². The van der Waals surface area contributed by atoms with Crippen LogP contribution in [0, 0.1) is 11.7 Å². The van der Waals surface area contributed by atoms with E-state index in [0.29, 0.717) is 34.9 Å². The van der Waals surface area contributed by atoms with Crippen LogP contribution in [0.3, 0.4) is 0 Å². The normalized spacial score (nSPS) is 28.6. The van der Waals surface area contributed by atoms with E-state index >= 15 is 4.39 Å². The standard InChI is InChI=1S/C30H40ClFN4O3S/c1-39-23-14-9-20(10-15-23)28(19-7-11-21(31)12-8-19)29(33)30(37)35-26-5-2-4-25(32)24(26)16-13-22-18-34-27-6-3-17-40(38)36(22)27/h2,4-5,7-8,11-12,20,22-23,27-29,34H,3,6,9-10,13-18,33H2,1H3,(H,35,37)/t20?,22-,23?,27-,28-,29-,40?/m0/s1. The fourth-order valence-electron chi connectivity index (χ4n) is 6.74. The van der Waals surface area contributed by atoms with Crippen LogP contribution in [-0.2, 0) is 26.9 Å². The minimum Gasteiger partial charge on any atom is -0.381 e. The van der Waals surface area contributed by atoms with E-state index in [1.165, 1.54) is 6.07 Å². The Morgan fingerprint density at radius 1 is 1.20 bits per heavy atom. The van der Waals surface area contributed by atoms with Crippen LogP contribution in [0.15, 0.2) is 42.5 Å². The largest absolute Gasteiger partial charge is 0.381 e. The predicted molar refractivity (Wildman–Crippen MR) is 158 cm³/mol. The molecule has 4 N–H and O–H groups in total. The van der Waals surface area contributed by atoms with Crippen molar-refractivity contribution in [2.24, 2.45) is 11.7 Å². The van der Waals surface area contributed by atoms with Gasteiger partial charge in [-0.2, -0.15) is 0 Å². The van der Waals surface area contributed by atoms with Crippen LogP contribution < -0.4 is 16.4 Å². The lowest BCUT2D eigenvalue weighted by atomic mass is 9.72. The number of hydrogen-bond donors (Lipinski definition) is 3. The second kappa shape index (κ2) is 13.4. The molecule has 0 bridgehead atoms. The number of halogens is 2. The van der Waals surface area contributed by atoms with Crippen LogP contribution in [0.4, 0.5) is 10.1 Å². The lowest BCUT2D eigenvalue weighted by Gasteiger charge is -2.36. The molecule has 1 amide bonds. The zero-order chi connectivity index (χ0) is 28.2. The summed E-state index contributed by atoms with van der Waals surface area (Å²) in [5.41, 5.74) is 8.59. The second-order valence-electron chi connectivity index (χ2n) is 11.3. The van der Waals surface area contributed by atoms with Gasteiger partial charge in [-0.25, -0.2) is 12.9 Å². The molecule has 218 valence electrons. The van der Waals surface area contributed by atoms with Crippen molar-refractivity contribution in [3.8, 4) is 0 Å².